The highest BCUT2D eigenvalue weighted by Crippen LogP contribution is 2.31. The molecule has 0 spiro atoms. The van der Waals surface area contributed by atoms with E-state index in [2.05, 4.69) is 43.0 Å². The minimum Gasteiger partial charge on any atom is -0.463 e. The van der Waals surface area contributed by atoms with E-state index in [0.717, 1.165) is 34.6 Å². The molecule has 3 rings (SSSR count). The Bertz CT molecular complexity index is 839. The zero-order chi connectivity index (χ0) is 19.2. The molecule has 0 radical (unpaired) electrons. The zero-order valence-corrected chi connectivity index (χ0v) is 16.1. The number of hydrogen-bond donors (Lipinski definition) is 0. The van der Waals surface area contributed by atoms with Crippen molar-refractivity contribution in [1.29, 1.82) is 0 Å². The van der Waals surface area contributed by atoms with E-state index in [1.165, 1.54) is 12.5 Å². The van der Waals surface area contributed by atoms with E-state index in [4.69, 9.17) is 21.1 Å². The third-order valence-electron chi connectivity index (χ3n) is 4.54. The Labute approximate surface area is 165 Å². The Morgan fingerprint density at radius 1 is 1.30 bits per heavy atom. The fourth-order valence-corrected chi connectivity index (χ4v) is 3.28. The summed E-state index contributed by atoms with van der Waals surface area (Å²) in [6, 6.07) is 14.3. The molecule has 0 N–H and O–H groups in total. The maximum atomic E-state index is 11.0. The number of hydrogen-bond acceptors (Lipinski definition) is 3. The van der Waals surface area contributed by atoms with Gasteiger partial charge in [0.25, 0.3) is 0 Å². The van der Waals surface area contributed by atoms with Crippen molar-refractivity contribution in [3.8, 4) is 0 Å². The average molecular weight is 383 g/mol. The molecule has 0 unspecified atom stereocenters. The van der Waals surface area contributed by atoms with E-state index >= 15 is 0 Å². The summed E-state index contributed by atoms with van der Waals surface area (Å²) < 4.78 is 11.1. The molecule has 0 saturated carbocycles. The van der Waals surface area contributed by atoms with Gasteiger partial charge < -0.3 is 9.47 Å². The number of carbonyl (C=O) groups excluding carboxylic acids is 1. The molecule has 0 bridgehead atoms. The molecule has 0 aromatic heterocycles. The van der Waals surface area contributed by atoms with Crippen LogP contribution in [0.1, 0.15) is 41.7 Å². The lowest BCUT2D eigenvalue weighted by molar-refractivity contribution is -0.145. The smallest absolute Gasteiger partial charge is 0.302 e. The third-order valence-corrected chi connectivity index (χ3v) is 4.91. The zero-order valence-electron chi connectivity index (χ0n) is 15.4. The van der Waals surface area contributed by atoms with Gasteiger partial charge in [0.15, 0.2) is 0 Å². The first-order chi connectivity index (χ1) is 13.0. The number of rotatable bonds is 6. The molecule has 0 amide bonds. The highest BCUT2D eigenvalue weighted by Gasteiger charge is 2.21. The van der Waals surface area contributed by atoms with Crippen LogP contribution in [-0.4, -0.2) is 18.7 Å². The Morgan fingerprint density at radius 3 is 2.78 bits per heavy atom. The molecule has 2 aromatic carbocycles. The molecule has 1 aliphatic heterocycles. The molecular formula is C23H23ClO3. The molecule has 0 saturated heterocycles. The first-order valence-corrected chi connectivity index (χ1v) is 9.38. The Balaban J connectivity index is 1.73. The molecule has 0 fully saturated rings. The number of ether oxygens (including phenoxy) is 2. The van der Waals surface area contributed by atoms with Gasteiger partial charge in [-0.15, -0.1) is 0 Å². The van der Waals surface area contributed by atoms with Crippen LogP contribution in [0, 0.1) is 0 Å². The summed E-state index contributed by atoms with van der Waals surface area (Å²) in [4.78, 5) is 11.0. The van der Waals surface area contributed by atoms with Crippen molar-refractivity contribution < 1.29 is 14.3 Å². The predicted molar refractivity (Wildman–Crippen MR) is 109 cm³/mol. The van der Waals surface area contributed by atoms with Crippen LogP contribution in [0.3, 0.4) is 0 Å². The van der Waals surface area contributed by atoms with Crippen molar-refractivity contribution in [2.75, 3.05) is 6.61 Å². The van der Waals surface area contributed by atoms with Crippen molar-refractivity contribution >= 4 is 23.6 Å². The predicted octanol–water partition coefficient (Wildman–Crippen LogP) is 5.52. The summed E-state index contributed by atoms with van der Waals surface area (Å²) in [7, 11) is 0. The summed E-state index contributed by atoms with van der Waals surface area (Å²) in [5, 5.41) is 0.745. The van der Waals surface area contributed by atoms with Gasteiger partial charge in [0.05, 0.1) is 6.10 Å². The molecule has 140 valence electrons. The lowest BCUT2D eigenvalue weighted by Crippen LogP contribution is -2.24. The van der Waals surface area contributed by atoms with E-state index in [9.17, 15) is 4.79 Å². The first-order valence-electron chi connectivity index (χ1n) is 9.00. The van der Waals surface area contributed by atoms with Gasteiger partial charge in [-0.25, -0.2) is 0 Å². The highest BCUT2D eigenvalue weighted by molar-refractivity contribution is 6.31. The van der Waals surface area contributed by atoms with Crippen LogP contribution >= 0.6 is 11.6 Å². The van der Waals surface area contributed by atoms with Crippen LogP contribution in [0.4, 0.5) is 0 Å². The van der Waals surface area contributed by atoms with Gasteiger partial charge in [-0.1, -0.05) is 72.8 Å². The number of carbonyl (C=O) groups is 1. The minimum absolute atomic E-state index is 0.0743. The molecular weight excluding hydrogens is 360 g/mol. The van der Waals surface area contributed by atoms with E-state index in [1.54, 1.807) is 0 Å². The average Bonchev–Trinajstić information content (AvgIpc) is 2.69. The Morgan fingerprint density at radius 2 is 2.07 bits per heavy atom. The van der Waals surface area contributed by atoms with Crippen LogP contribution < -0.4 is 0 Å². The summed E-state index contributed by atoms with van der Waals surface area (Å²) >= 11 is 6.43. The van der Waals surface area contributed by atoms with E-state index in [0.29, 0.717) is 0 Å². The van der Waals surface area contributed by atoms with Crippen molar-refractivity contribution in [3.05, 3.63) is 88.5 Å². The lowest BCUT2D eigenvalue weighted by atomic mass is 9.97. The van der Waals surface area contributed by atoms with Crippen LogP contribution in [0.5, 0.6) is 0 Å². The third kappa shape index (κ3) is 5.31. The quantitative estimate of drug-likeness (QED) is 0.487. The molecule has 1 aliphatic rings. The number of esters is 1. The van der Waals surface area contributed by atoms with Crippen molar-refractivity contribution in [2.24, 2.45) is 0 Å². The summed E-state index contributed by atoms with van der Waals surface area (Å²) in [5.41, 5.74) is 4.43. The topological polar surface area (TPSA) is 35.5 Å². The van der Waals surface area contributed by atoms with E-state index < -0.39 is 0 Å². The second-order valence-corrected chi connectivity index (χ2v) is 7.01. The van der Waals surface area contributed by atoms with Crippen LogP contribution in [0.2, 0.25) is 5.02 Å². The summed E-state index contributed by atoms with van der Waals surface area (Å²) in [6.07, 6.45) is 7.09. The fraction of sp³-hybridized carbons (Fsp3) is 0.261. The van der Waals surface area contributed by atoms with Crippen molar-refractivity contribution in [2.45, 2.75) is 32.0 Å². The van der Waals surface area contributed by atoms with Crippen molar-refractivity contribution in [3.63, 3.8) is 0 Å². The number of halogens is 1. The van der Waals surface area contributed by atoms with Crippen LogP contribution in [0.25, 0.3) is 6.08 Å². The van der Waals surface area contributed by atoms with E-state index in [-0.39, 0.29) is 24.8 Å². The molecule has 27 heavy (non-hydrogen) atoms. The van der Waals surface area contributed by atoms with Gasteiger partial charge in [0.1, 0.15) is 12.7 Å². The molecule has 0 aliphatic carbocycles. The molecule has 3 nitrogen and oxygen atoms in total. The standard InChI is InChI=1S/C23H23ClO3/c1-3-17-7-9-18(10-8-17)13-20-14-19(11-12-22(20)24)23-6-4-5-21(27-23)15-26-16(2)25/h3-5,7-12,14,21,23H,1,6,13,15H2,2H3/t21-,23+/m1/s1. The monoisotopic (exact) mass is 382 g/mol. The molecule has 2 atom stereocenters. The van der Waals surface area contributed by atoms with Gasteiger partial charge in [-0.2, -0.15) is 0 Å². The molecule has 1 heterocycles. The van der Waals surface area contributed by atoms with Crippen LogP contribution in [0.15, 0.2) is 61.2 Å². The second kappa shape index (κ2) is 9.03. The van der Waals surface area contributed by atoms with Gasteiger partial charge in [-0.3, -0.25) is 4.79 Å². The Hall–Kier alpha value is -2.36. The minimum atomic E-state index is -0.301. The van der Waals surface area contributed by atoms with Gasteiger partial charge in [-0.05, 0) is 41.2 Å². The molecule has 4 heteroatoms. The summed E-state index contributed by atoms with van der Waals surface area (Å²) in [5.74, 6) is -0.301. The second-order valence-electron chi connectivity index (χ2n) is 6.60. The fourth-order valence-electron chi connectivity index (χ4n) is 3.10. The van der Waals surface area contributed by atoms with Gasteiger partial charge >= 0.3 is 5.97 Å². The first kappa shape index (κ1) is 19.4. The van der Waals surface area contributed by atoms with Gasteiger partial charge in [0.2, 0.25) is 0 Å². The van der Waals surface area contributed by atoms with Crippen LogP contribution in [-0.2, 0) is 20.7 Å². The molecule has 2 aromatic rings. The van der Waals surface area contributed by atoms with E-state index in [1.807, 2.05) is 24.3 Å². The van der Waals surface area contributed by atoms with Crippen molar-refractivity contribution in [1.82, 2.24) is 0 Å². The Kier molecular flexibility index (Phi) is 6.49. The largest absolute Gasteiger partial charge is 0.463 e. The lowest BCUT2D eigenvalue weighted by Gasteiger charge is -2.26. The summed E-state index contributed by atoms with van der Waals surface area (Å²) in [6.45, 7) is 5.42. The normalized spacial score (nSPS) is 18.9. The highest BCUT2D eigenvalue weighted by atomic mass is 35.5. The maximum absolute atomic E-state index is 11.0. The SMILES string of the molecule is C=Cc1ccc(Cc2cc([C@@H]3CC=C[C@H](COC(C)=O)O3)ccc2Cl)cc1. The maximum Gasteiger partial charge on any atom is 0.302 e. The van der Waals surface area contributed by atoms with Gasteiger partial charge in [0, 0.05) is 11.9 Å². The number of benzene rings is 2.